The summed E-state index contributed by atoms with van der Waals surface area (Å²) < 4.78 is 17.6. The van der Waals surface area contributed by atoms with Crippen LogP contribution in [0.3, 0.4) is 0 Å². The molecule has 4 rings (SSSR count). The maximum Gasteiger partial charge on any atom is 0.338 e. The number of carbonyl (C=O) groups excluding carboxylic acids is 1. The summed E-state index contributed by atoms with van der Waals surface area (Å²) in [5.41, 5.74) is 2.86. The van der Waals surface area contributed by atoms with E-state index in [9.17, 15) is 4.79 Å². The topological polar surface area (TPSA) is 44.8 Å². The Balaban J connectivity index is 1.57. The highest BCUT2D eigenvalue weighted by atomic mass is 16.5. The molecule has 1 heterocycles. The highest BCUT2D eigenvalue weighted by Crippen LogP contribution is 2.56. The Labute approximate surface area is 178 Å². The zero-order chi connectivity index (χ0) is 21.3. The van der Waals surface area contributed by atoms with Crippen molar-refractivity contribution in [2.75, 3.05) is 20.3 Å². The molecule has 0 saturated carbocycles. The van der Waals surface area contributed by atoms with Crippen LogP contribution in [-0.2, 0) is 9.47 Å². The third-order valence-electron chi connectivity index (χ3n) is 7.17. The second kappa shape index (κ2) is 8.27. The molecule has 0 spiro atoms. The van der Waals surface area contributed by atoms with Crippen molar-refractivity contribution in [1.82, 2.24) is 0 Å². The lowest BCUT2D eigenvalue weighted by Gasteiger charge is -2.55. The number of rotatable bonds is 5. The number of allylic oxidation sites excluding steroid dienone is 1. The van der Waals surface area contributed by atoms with Gasteiger partial charge in [-0.05, 0) is 48.6 Å². The van der Waals surface area contributed by atoms with E-state index in [-0.39, 0.29) is 29.3 Å². The van der Waals surface area contributed by atoms with Crippen molar-refractivity contribution in [2.24, 2.45) is 23.2 Å². The highest BCUT2D eigenvalue weighted by molar-refractivity contribution is 5.89. The van der Waals surface area contributed by atoms with Crippen molar-refractivity contribution in [3.05, 3.63) is 77.4 Å². The standard InChI is InChI=1S/C26H30O4/c1-17-14-18(2)26(16-30-25(27)21-8-6-5-7-9-21)15-29-24(23(17)19(26)3)20-10-12-22(28-4)13-11-20/h5-14,18-19,23-24H,15-16H2,1-4H3. The molecule has 0 aromatic heterocycles. The van der Waals surface area contributed by atoms with Crippen LogP contribution in [-0.4, -0.2) is 26.3 Å². The van der Waals surface area contributed by atoms with Crippen LogP contribution in [0.5, 0.6) is 5.75 Å². The van der Waals surface area contributed by atoms with E-state index in [2.05, 4.69) is 39.0 Å². The summed E-state index contributed by atoms with van der Waals surface area (Å²) >= 11 is 0. The monoisotopic (exact) mass is 406 g/mol. The third kappa shape index (κ3) is 3.54. The van der Waals surface area contributed by atoms with Gasteiger partial charge in [-0.1, -0.05) is 55.8 Å². The molecule has 5 atom stereocenters. The largest absolute Gasteiger partial charge is 0.497 e. The zero-order valence-corrected chi connectivity index (χ0v) is 18.1. The van der Waals surface area contributed by atoms with Gasteiger partial charge in [-0.25, -0.2) is 4.79 Å². The van der Waals surface area contributed by atoms with Crippen molar-refractivity contribution in [3.8, 4) is 5.75 Å². The van der Waals surface area contributed by atoms with E-state index in [1.54, 1.807) is 19.2 Å². The first-order valence-electron chi connectivity index (χ1n) is 10.6. The van der Waals surface area contributed by atoms with Crippen molar-refractivity contribution < 1.29 is 19.0 Å². The molecule has 2 aromatic rings. The number of carbonyl (C=O) groups is 1. The first-order chi connectivity index (χ1) is 14.5. The number of methoxy groups -OCH3 is 1. The number of hydrogen-bond donors (Lipinski definition) is 0. The van der Waals surface area contributed by atoms with Crippen molar-refractivity contribution in [3.63, 3.8) is 0 Å². The van der Waals surface area contributed by atoms with Crippen molar-refractivity contribution in [1.29, 1.82) is 0 Å². The van der Waals surface area contributed by atoms with Crippen LogP contribution in [0.4, 0.5) is 0 Å². The van der Waals surface area contributed by atoms with E-state index in [1.165, 1.54) is 5.57 Å². The average Bonchev–Trinajstić information content (AvgIpc) is 2.77. The Bertz CT molecular complexity index is 918. The number of fused-ring (bicyclic) bond motifs is 2. The molecule has 1 aliphatic heterocycles. The lowest BCUT2D eigenvalue weighted by molar-refractivity contribution is -0.166. The summed E-state index contributed by atoms with van der Waals surface area (Å²) in [5.74, 6) is 1.41. The molecule has 4 heteroatoms. The number of esters is 1. The Kier molecular flexibility index (Phi) is 5.70. The lowest BCUT2D eigenvalue weighted by atomic mass is 9.56. The summed E-state index contributed by atoms with van der Waals surface area (Å²) in [5, 5.41) is 0. The number of benzene rings is 2. The van der Waals surface area contributed by atoms with E-state index in [1.807, 2.05) is 30.3 Å². The molecule has 5 unspecified atom stereocenters. The van der Waals surface area contributed by atoms with Crippen LogP contribution in [0, 0.1) is 23.2 Å². The fourth-order valence-corrected chi connectivity index (χ4v) is 5.21. The fourth-order valence-electron chi connectivity index (χ4n) is 5.21. The fraction of sp³-hybridized carbons (Fsp3) is 0.423. The van der Waals surface area contributed by atoms with Crippen LogP contribution >= 0.6 is 0 Å². The molecule has 1 aliphatic carbocycles. The van der Waals surface area contributed by atoms with Crippen molar-refractivity contribution >= 4 is 5.97 Å². The molecule has 2 aromatic carbocycles. The second-order valence-corrected chi connectivity index (χ2v) is 8.69. The van der Waals surface area contributed by atoms with E-state index >= 15 is 0 Å². The van der Waals surface area contributed by atoms with Gasteiger partial charge in [-0.3, -0.25) is 0 Å². The average molecular weight is 407 g/mol. The molecular weight excluding hydrogens is 376 g/mol. The van der Waals surface area contributed by atoms with Gasteiger partial charge >= 0.3 is 5.97 Å². The second-order valence-electron chi connectivity index (χ2n) is 8.69. The molecule has 1 saturated heterocycles. The number of ether oxygens (including phenoxy) is 3. The molecular formula is C26H30O4. The minimum atomic E-state index is -0.274. The minimum absolute atomic E-state index is 0.00685. The first-order valence-corrected chi connectivity index (χ1v) is 10.6. The Morgan fingerprint density at radius 1 is 1.10 bits per heavy atom. The predicted molar refractivity (Wildman–Crippen MR) is 116 cm³/mol. The zero-order valence-electron chi connectivity index (χ0n) is 18.1. The molecule has 4 nitrogen and oxygen atoms in total. The van der Waals surface area contributed by atoms with Crippen LogP contribution < -0.4 is 4.74 Å². The van der Waals surface area contributed by atoms with Crippen LogP contribution in [0.1, 0.15) is 42.8 Å². The number of hydrogen-bond acceptors (Lipinski definition) is 4. The van der Waals surface area contributed by atoms with E-state index in [4.69, 9.17) is 14.2 Å². The molecule has 0 radical (unpaired) electrons. The van der Waals surface area contributed by atoms with Gasteiger partial charge in [0.25, 0.3) is 0 Å². The first kappa shape index (κ1) is 20.7. The van der Waals surface area contributed by atoms with Gasteiger partial charge in [-0.2, -0.15) is 0 Å². The summed E-state index contributed by atoms with van der Waals surface area (Å²) in [6.07, 6.45) is 2.34. The van der Waals surface area contributed by atoms with Gasteiger partial charge in [0.05, 0.1) is 25.4 Å². The Hall–Kier alpha value is -2.59. The van der Waals surface area contributed by atoms with E-state index < -0.39 is 0 Å². The van der Waals surface area contributed by atoms with Gasteiger partial charge in [0.2, 0.25) is 0 Å². The molecule has 0 N–H and O–H groups in total. The van der Waals surface area contributed by atoms with Gasteiger partial charge in [0.1, 0.15) is 12.4 Å². The maximum atomic E-state index is 12.6. The Morgan fingerprint density at radius 2 is 1.80 bits per heavy atom. The predicted octanol–water partition coefficient (Wildman–Crippen LogP) is 5.46. The van der Waals surface area contributed by atoms with Crippen molar-refractivity contribution in [2.45, 2.75) is 26.9 Å². The van der Waals surface area contributed by atoms with Crippen LogP contribution in [0.15, 0.2) is 66.2 Å². The molecule has 2 aliphatic rings. The normalized spacial score (nSPS) is 30.3. The highest BCUT2D eigenvalue weighted by Gasteiger charge is 2.54. The summed E-state index contributed by atoms with van der Waals surface area (Å²) in [6, 6.07) is 17.3. The van der Waals surface area contributed by atoms with Gasteiger partial charge < -0.3 is 14.2 Å². The lowest BCUT2D eigenvalue weighted by Crippen LogP contribution is -2.54. The van der Waals surface area contributed by atoms with Gasteiger partial charge in [-0.15, -0.1) is 0 Å². The smallest absolute Gasteiger partial charge is 0.338 e. The quantitative estimate of drug-likeness (QED) is 0.489. The van der Waals surface area contributed by atoms with E-state index in [0.29, 0.717) is 24.7 Å². The SMILES string of the molecule is COc1ccc(C2OCC3(COC(=O)c4ccccc4)C(C)C=C(C)C2C3C)cc1. The van der Waals surface area contributed by atoms with Gasteiger partial charge in [0, 0.05) is 11.3 Å². The van der Waals surface area contributed by atoms with Crippen LogP contribution in [0.2, 0.25) is 0 Å². The summed E-state index contributed by atoms with van der Waals surface area (Å²) in [6.45, 7) is 7.62. The molecule has 0 amide bonds. The maximum absolute atomic E-state index is 12.6. The van der Waals surface area contributed by atoms with Crippen LogP contribution in [0.25, 0.3) is 0 Å². The van der Waals surface area contributed by atoms with E-state index in [0.717, 1.165) is 11.3 Å². The third-order valence-corrected chi connectivity index (χ3v) is 7.17. The summed E-state index contributed by atoms with van der Waals surface area (Å²) in [4.78, 5) is 12.6. The minimum Gasteiger partial charge on any atom is -0.497 e. The van der Waals surface area contributed by atoms with Gasteiger partial charge in [0.15, 0.2) is 0 Å². The Morgan fingerprint density at radius 3 is 2.47 bits per heavy atom. The molecule has 1 fully saturated rings. The molecule has 158 valence electrons. The molecule has 2 bridgehead atoms. The summed E-state index contributed by atoms with van der Waals surface area (Å²) in [7, 11) is 1.68. The molecule has 30 heavy (non-hydrogen) atoms.